The van der Waals surface area contributed by atoms with Crippen molar-refractivity contribution in [2.75, 3.05) is 18.0 Å². The number of carbonyl (C=O) groups is 1. The van der Waals surface area contributed by atoms with Gasteiger partial charge in [-0.3, -0.25) is 9.69 Å². The maximum atomic E-state index is 13.6. The van der Waals surface area contributed by atoms with E-state index in [1.54, 1.807) is 12.1 Å². The Kier molecular flexibility index (Phi) is 7.05. The van der Waals surface area contributed by atoms with E-state index in [4.69, 9.17) is 4.42 Å². The van der Waals surface area contributed by atoms with Gasteiger partial charge in [0.05, 0.1) is 33.5 Å². The smallest absolute Gasteiger partial charge is 0.418 e. The zero-order valence-corrected chi connectivity index (χ0v) is 21.9. The first-order valence-electron chi connectivity index (χ1n) is 12.0. The van der Waals surface area contributed by atoms with Crippen LogP contribution in [0.2, 0.25) is 0 Å². The van der Waals surface area contributed by atoms with Gasteiger partial charge in [-0.2, -0.15) is 17.5 Å². The lowest BCUT2D eigenvalue weighted by atomic mass is 10.0. The summed E-state index contributed by atoms with van der Waals surface area (Å²) in [5.41, 5.74) is -0.961. The van der Waals surface area contributed by atoms with Gasteiger partial charge in [-0.25, -0.2) is 13.4 Å². The first-order valence-corrected chi connectivity index (χ1v) is 14.2. The van der Waals surface area contributed by atoms with Crippen LogP contribution in [0.15, 0.2) is 70.2 Å². The maximum absolute atomic E-state index is 13.6. The van der Waals surface area contributed by atoms with E-state index in [2.05, 4.69) is 11.9 Å². The summed E-state index contributed by atoms with van der Waals surface area (Å²) in [6, 6.07) is 12.6. The molecule has 1 aliphatic heterocycles. The molecular weight excluding hydrogens is 539 g/mol. The van der Waals surface area contributed by atoms with Crippen LogP contribution in [0.5, 0.6) is 0 Å². The lowest BCUT2D eigenvalue weighted by molar-refractivity contribution is -0.136. The molecule has 200 valence electrons. The SMILES string of the molecule is CC1CCN(S(=O)(=O)c2ccc(C(=O)N(Cc3ccco3)c3nc4c(C(F)(F)F)cccc4s3)cc2)CC1. The average Bonchev–Trinajstić information content (AvgIpc) is 3.56. The van der Waals surface area contributed by atoms with E-state index in [1.807, 2.05) is 0 Å². The van der Waals surface area contributed by atoms with Crippen LogP contribution in [0.25, 0.3) is 10.2 Å². The van der Waals surface area contributed by atoms with E-state index in [0.717, 1.165) is 30.2 Å². The van der Waals surface area contributed by atoms with Gasteiger partial charge in [-0.15, -0.1) is 0 Å². The number of fused-ring (bicyclic) bond motifs is 1. The molecule has 0 N–H and O–H groups in total. The molecule has 0 saturated carbocycles. The van der Waals surface area contributed by atoms with Crippen molar-refractivity contribution < 1.29 is 30.8 Å². The van der Waals surface area contributed by atoms with Crippen molar-refractivity contribution in [1.29, 1.82) is 0 Å². The molecule has 4 aromatic rings. The normalized spacial score (nSPS) is 15.7. The molecule has 1 fully saturated rings. The van der Waals surface area contributed by atoms with E-state index >= 15 is 0 Å². The molecular formula is C26H24F3N3O4S2. The average molecular weight is 564 g/mol. The summed E-state index contributed by atoms with van der Waals surface area (Å²) in [6.45, 7) is 2.91. The summed E-state index contributed by atoms with van der Waals surface area (Å²) in [5, 5.41) is 0.0669. The topological polar surface area (TPSA) is 83.7 Å². The molecule has 0 spiro atoms. The van der Waals surface area contributed by atoms with Gasteiger partial charge >= 0.3 is 6.18 Å². The van der Waals surface area contributed by atoms with E-state index in [1.165, 1.54) is 51.9 Å². The van der Waals surface area contributed by atoms with Gasteiger partial charge in [0.1, 0.15) is 5.76 Å². The second-order valence-electron chi connectivity index (χ2n) is 9.23. The highest BCUT2D eigenvalue weighted by molar-refractivity contribution is 7.89. The monoisotopic (exact) mass is 563 g/mol. The third-order valence-electron chi connectivity index (χ3n) is 6.56. The molecule has 1 amide bonds. The molecule has 1 aliphatic rings. The Hall–Kier alpha value is -3.22. The molecule has 0 bridgehead atoms. The minimum atomic E-state index is -4.60. The van der Waals surface area contributed by atoms with Crippen LogP contribution in [0.1, 0.15) is 41.4 Å². The number of amides is 1. The minimum absolute atomic E-state index is 0.0669. The van der Waals surface area contributed by atoms with Crippen LogP contribution in [0.3, 0.4) is 0 Å². The highest BCUT2D eigenvalue weighted by Gasteiger charge is 2.35. The maximum Gasteiger partial charge on any atom is 0.418 e. The lowest BCUT2D eigenvalue weighted by Gasteiger charge is -2.29. The number of rotatable bonds is 6. The number of aromatic nitrogens is 1. The number of carbonyl (C=O) groups excluding carboxylic acids is 1. The van der Waals surface area contributed by atoms with Gasteiger partial charge in [0.25, 0.3) is 5.91 Å². The first kappa shape index (κ1) is 26.4. The third-order valence-corrected chi connectivity index (χ3v) is 9.52. The van der Waals surface area contributed by atoms with Crippen molar-refractivity contribution in [3.8, 4) is 0 Å². The standard InChI is InChI=1S/C26H24F3N3O4S2/c1-17-11-13-31(14-12-17)38(34,35)20-9-7-18(8-10-20)24(33)32(16-19-4-3-15-36-19)25-30-23-21(26(27,28)29)5-2-6-22(23)37-25/h2-10,15,17H,11-14,16H2,1H3. The fourth-order valence-corrected chi connectivity index (χ4v) is 6.83. The number of thiazole rings is 1. The summed E-state index contributed by atoms with van der Waals surface area (Å²) in [7, 11) is -3.70. The Balaban J connectivity index is 1.47. The largest absolute Gasteiger partial charge is 0.467 e. The van der Waals surface area contributed by atoms with Gasteiger partial charge in [0.15, 0.2) is 5.13 Å². The molecule has 7 nitrogen and oxygen atoms in total. The highest BCUT2D eigenvalue weighted by atomic mass is 32.2. The van der Waals surface area contributed by atoms with E-state index in [-0.39, 0.29) is 32.4 Å². The predicted molar refractivity (Wildman–Crippen MR) is 137 cm³/mol. The van der Waals surface area contributed by atoms with Crippen LogP contribution in [0.4, 0.5) is 18.3 Å². The first-order chi connectivity index (χ1) is 18.0. The lowest BCUT2D eigenvalue weighted by Crippen LogP contribution is -2.37. The van der Waals surface area contributed by atoms with Gasteiger partial charge in [0.2, 0.25) is 10.0 Å². The minimum Gasteiger partial charge on any atom is -0.467 e. The van der Waals surface area contributed by atoms with Crippen LogP contribution in [-0.4, -0.2) is 36.7 Å². The Morgan fingerprint density at radius 3 is 2.45 bits per heavy atom. The van der Waals surface area contributed by atoms with E-state index in [0.29, 0.717) is 24.8 Å². The predicted octanol–water partition coefficient (Wildman–Crippen LogP) is 6.18. The highest BCUT2D eigenvalue weighted by Crippen LogP contribution is 2.39. The zero-order valence-electron chi connectivity index (χ0n) is 20.3. The van der Waals surface area contributed by atoms with Crippen molar-refractivity contribution in [2.45, 2.75) is 37.4 Å². The summed E-state index contributed by atoms with van der Waals surface area (Å²) in [4.78, 5) is 19.1. The number of alkyl halides is 3. The van der Waals surface area contributed by atoms with Crippen molar-refractivity contribution in [3.63, 3.8) is 0 Å². The number of furan rings is 1. The van der Waals surface area contributed by atoms with Crippen molar-refractivity contribution >= 4 is 42.6 Å². The summed E-state index contributed by atoms with van der Waals surface area (Å²) < 4.78 is 73.9. The second kappa shape index (κ2) is 10.2. The van der Waals surface area contributed by atoms with Gasteiger partial charge in [0, 0.05) is 18.7 Å². The molecule has 3 heterocycles. The Morgan fingerprint density at radius 1 is 1.11 bits per heavy atom. The van der Waals surface area contributed by atoms with Crippen molar-refractivity contribution in [2.24, 2.45) is 5.92 Å². The molecule has 12 heteroatoms. The Labute approximate surface area is 221 Å². The van der Waals surface area contributed by atoms with E-state index < -0.39 is 27.7 Å². The third kappa shape index (κ3) is 5.20. The number of benzene rings is 2. The van der Waals surface area contributed by atoms with Crippen molar-refractivity contribution in [3.05, 3.63) is 77.7 Å². The number of hydrogen-bond donors (Lipinski definition) is 0. The number of sulfonamides is 1. The van der Waals surface area contributed by atoms with Crippen LogP contribution >= 0.6 is 11.3 Å². The number of piperidine rings is 1. The number of anilines is 1. The molecule has 0 aliphatic carbocycles. The number of nitrogens with zero attached hydrogens (tertiary/aromatic N) is 3. The number of halogens is 3. The molecule has 1 saturated heterocycles. The molecule has 0 radical (unpaired) electrons. The summed E-state index contributed by atoms with van der Waals surface area (Å²) in [6.07, 6.45) is -1.60. The summed E-state index contributed by atoms with van der Waals surface area (Å²) >= 11 is 0.957. The zero-order chi connectivity index (χ0) is 27.1. The second-order valence-corrected chi connectivity index (χ2v) is 12.2. The quantitative estimate of drug-likeness (QED) is 0.280. The molecule has 0 atom stereocenters. The van der Waals surface area contributed by atoms with Crippen LogP contribution < -0.4 is 4.90 Å². The molecule has 38 heavy (non-hydrogen) atoms. The Bertz CT molecular complexity index is 1540. The van der Waals surface area contributed by atoms with E-state index in [9.17, 15) is 26.4 Å². The fraction of sp³-hybridized carbons (Fsp3) is 0.308. The van der Waals surface area contributed by atoms with Crippen molar-refractivity contribution in [1.82, 2.24) is 9.29 Å². The fourth-order valence-electron chi connectivity index (χ4n) is 4.37. The van der Waals surface area contributed by atoms with Gasteiger partial charge in [-0.05, 0) is 67.3 Å². The van der Waals surface area contributed by atoms with Crippen LogP contribution in [0, 0.1) is 5.92 Å². The number of para-hydroxylation sites is 1. The molecule has 0 unspecified atom stereocenters. The summed E-state index contributed by atoms with van der Waals surface area (Å²) in [5.74, 6) is 0.327. The molecule has 5 rings (SSSR count). The molecule has 2 aromatic carbocycles. The molecule has 2 aromatic heterocycles. The number of hydrogen-bond acceptors (Lipinski definition) is 6. The van der Waals surface area contributed by atoms with Gasteiger partial charge in [-0.1, -0.05) is 24.3 Å². The van der Waals surface area contributed by atoms with Gasteiger partial charge < -0.3 is 4.42 Å². The van der Waals surface area contributed by atoms with Crippen LogP contribution in [-0.2, 0) is 22.7 Å². The Morgan fingerprint density at radius 2 is 1.82 bits per heavy atom.